The van der Waals surface area contributed by atoms with Crippen molar-refractivity contribution in [3.63, 3.8) is 0 Å². The number of carbonyl (C=O) groups excluding carboxylic acids is 1. The molecule has 2 aromatic carbocycles. The number of nitrogens with one attached hydrogen (secondary N) is 2. The fourth-order valence-electron chi connectivity index (χ4n) is 3.18. The number of benzene rings is 2. The highest BCUT2D eigenvalue weighted by Crippen LogP contribution is 2.24. The minimum Gasteiger partial charge on any atom is -0.492 e. The van der Waals surface area contributed by atoms with Crippen molar-refractivity contribution in [2.24, 2.45) is 0 Å². The first kappa shape index (κ1) is 22.5. The molecule has 3 rings (SSSR count). The number of amides is 1. The average Bonchev–Trinajstić information content (AvgIpc) is 2.73. The van der Waals surface area contributed by atoms with Crippen LogP contribution in [0.3, 0.4) is 0 Å². The van der Waals surface area contributed by atoms with E-state index in [1.807, 2.05) is 12.1 Å². The molecule has 2 N–H and O–H groups in total. The van der Waals surface area contributed by atoms with E-state index < -0.39 is 0 Å². The number of H-pyrrole nitrogens is 1. The zero-order valence-electron chi connectivity index (χ0n) is 18.0. The Balaban J connectivity index is 1.61. The molecule has 31 heavy (non-hydrogen) atoms. The van der Waals surface area contributed by atoms with E-state index in [0.717, 1.165) is 5.75 Å². The maximum absolute atomic E-state index is 12.6. The first-order valence-corrected chi connectivity index (χ1v) is 10.5. The van der Waals surface area contributed by atoms with Gasteiger partial charge in [-0.15, -0.1) is 6.58 Å². The van der Waals surface area contributed by atoms with E-state index >= 15 is 0 Å². The molecular formula is C24H27N3O3S. The number of ether oxygens (including phenoxy) is 1. The lowest BCUT2D eigenvalue weighted by molar-refractivity contribution is 0.0947. The second-order valence-electron chi connectivity index (χ2n) is 8.27. The molecule has 6 nitrogen and oxygen atoms in total. The minimum atomic E-state index is -0.247. The summed E-state index contributed by atoms with van der Waals surface area (Å²) in [6.45, 7) is 11.2. The quantitative estimate of drug-likeness (QED) is 0.327. The van der Waals surface area contributed by atoms with Gasteiger partial charge in [0, 0.05) is 12.1 Å². The maximum Gasteiger partial charge on any atom is 0.262 e. The summed E-state index contributed by atoms with van der Waals surface area (Å²) in [5.74, 6) is 0.513. The standard InChI is InChI=1S/C24H27N3O3S/c1-5-13-27-22(29)19-11-6-16(15-20(19)26-23(27)31)21(28)25-12-14-30-18-9-7-17(8-10-18)24(2,3)4/h5-11,15H,1,12-14H2,2-4H3,(H,25,28)(H,26,31). The molecule has 1 heterocycles. The van der Waals surface area contributed by atoms with Gasteiger partial charge in [0.1, 0.15) is 12.4 Å². The molecule has 0 aliphatic rings. The summed E-state index contributed by atoms with van der Waals surface area (Å²) in [6, 6.07) is 12.9. The summed E-state index contributed by atoms with van der Waals surface area (Å²) in [4.78, 5) is 28.1. The van der Waals surface area contributed by atoms with E-state index in [4.69, 9.17) is 17.0 Å². The first-order chi connectivity index (χ1) is 14.7. The highest BCUT2D eigenvalue weighted by molar-refractivity contribution is 7.71. The van der Waals surface area contributed by atoms with Crippen LogP contribution in [0.25, 0.3) is 10.9 Å². The largest absolute Gasteiger partial charge is 0.492 e. The molecule has 0 spiro atoms. The lowest BCUT2D eigenvalue weighted by Crippen LogP contribution is -2.28. The van der Waals surface area contributed by atoms with E-state index in [1.54, 1.807) is 24.3 Å². The highest BCUT2D eigenvalue weighted by atomic mass is 32.1. The molecule has 1 amide bonds. The minimum absolute atomic E-state index is 0.0918. The Hall–Kier alpha value is -3.19. The van der Waals surface area contributed by atoms with Crippen LogP contribution in [-0.2, 0) is 12.0 Å². The Morgan fingerprint density at radius 3 is 2.58 bits per heavy atom. The number of carbonyl (C=O) groups is 1. The predicted molar refractivity (Wildman–Crippen MR) is 127 cm³/mol. The number of hydrogen-bond acceptors (Lipinski definition) is 4. The number of nitrogens with zero attached hydrogens (tertiary/aromatic N) is 1. The van der Waals surface area contributed by atoms with Crippen LogP contribution in [0.2, 0.25) is 0 Å². The first-order valence-electron chi connectivity index (χ1n) is 10.1. The summed E-state index contributed by atoms with van der Waals surface area (Å²) >= 11 is 5.24. The Morgan fingerprint density at radius 1 is 1.23 bits per heavy atom. The Bertz CT molecular complexity index is 1220. The Labute approximate surface area is 186 Å². The second-order valence-corrected chi connectivity index (χ2v) is 8.66. The molecule has 7 heteroatoms. The van der Waals surface area contributed by atoms with Gasteiger partial charge in [-0.2, -0.15) is 0 Å². The topological polar surface area (TPSA) is 76.1 Å². The number of aromatic nitrogens is 2. The summed E-state index contributed by atoms with van der Waals surface area (Å²) < 4.78 is 7.43. The fourth-order valence-corrected chi connectivity index (χ4v) is 3.44. The SMILES string of the molecule is C=CCn1c(=S)[nH]c2cc(C(=O)NCCOc3ccc(C(C)(C)C)cc3)ccc2c1=O. The van der Waals surface area contributed by atoms with Gasteiger partial charge in [0.15, 0.2) is 4.77 Å². The molecule has 0 saturated carbocycles. The zero-order chi connectivity index (χ0) is 22.6. The van der Waals surface area contributed by atoms with Gasteiger partial charge >= 0.3 is 0 Å². The maximum atomic E-state index is 12.6. The molecule has 0 bridgehead atoms. The van der Waals surface area contributed by atoms with Crippen molar-refractivity contribution in [2.45, 2.75) is 32.7 Å². The van der Waals surface area contributed by atoms with Crippen molar-refractivity contribution >= 4 is 29.0 Å². The molecule has 0 saturated heterocycles. The Kier molecular flexibility index (Phi) is 6.75. The molecule has 0 unspecified atom stereocenters. The molecule has 162 valence electrons. The molecule has 0 fully saturated rings. The van der Waals surface area contributed by atoms with E-state index in [0.29, 0.717) is 40.9 Å². The number of aromatic amines is 1. The van der Waals surface area contributed by atoms with Crippen LogP contribution in [0.4, 0.5) is 0 Å². The zero-order valence-corrected chi connectivity index (χ0v) is 18.8. The van der Waals surface area contributed by atoms with Crippen molar-refractivity contribution in [2.75, 3.05) is 13.2 Å². The van der Waals surface area contributed by atoms with Crippen molar-refractivity contribution in [3.8, 4) is 5.75 Å². The summed E-state index contributed by atoms with van der Waals surface area (Å²) in [5, 5.41) is 3.30. The molecule has 0 radical (unpaired) electrons. The van der Waals surface area contributed by atoms with Crippen LogP contribution >= 0.6 is 12.2 Å². The predicted octanol–water partition coefficient (Wildman–Crippen LogP) is 4.35. The van der Waals surface area contributed by atoms with Crippen LogP contribution in [0, 0.1) is 4.77 Å². The smallest absolute Gasteiger partial charge is 0.262 e. The third-order valence-corrected chi connectivity index (χ3v) is 5.25. The second kappa shape index (κ2) is 9.31. The van der Waals surface area contributed by atoms with Crippen LogP contribution < -0.4 is 15.6 Å². The lowest BCUT2D eigenvalue weighted by atomic mass is 9.87. The number of allylic oxidation sites excluding steroid dienone is 1. The van der Waals surface area contributed by atoms with Gasteiger partial charge in [0.05, 0.1) is 17.4 Å². The van der Waals surface area contributed by atoms with Crippen molar-refractivity contribution in [1.29, 1.82) is 0 Å². The Morgan fingerprint density at radius 2 is 1.94 bits per heavy atom. The molecule has 3 aromatic rings. The van der Waals surface area contributed by atoms with Crippen molar-refractivity contribution in [3.05, 3.63) is 81.4 Å². The van der Waals surface area contributed by atoms with Crippen LogP contribution in [0.5, 0.6) is 5.75 Å². The highest BCUT2D eigenvalue weighted by Gasteiger charge is 2.13. The van der Waals surface area contributed by atoms with Gasteiger partial charge in [-0.25, -0.2) is 0 Å². The van der Waals surface area contributed by atoms with Crippen LogP contribution in [-0.4, -0.2) is 28.6 Å². The van der Waals surface area contributed by atoms with Gasteiger partial charge in [0.25, 0.3) is 11.5 Å². The third-order valence-electron chi connectivity index (χ3n) is 4.93. The third kappa shape index (κ3) is 5.30. The van der Waals surface area contributed by atoms with E-state index in [1.165, 1.54) is 10.1 Å². The molecule has 0 aliphatic heterocycles. The van der Waals surface area contributed by atoms with Crippen molar-refractivity contribution in [1.82, 2.24) is 14.9 Å². The lowest BCUT2D eigenvalue weighted by Gasteiger charge is -2.19. The van der Waals surface area contributed by atoms with Crippen LogP contribution in [0.15, 0.2) is 59.9 Å². The number of fused-ring (bicyclic) bond motifs is 1. The van der Waals surface area contributed by atoms with E-state index in [-0.39, 0.29) is 16.9 Å². The summed E-state index contributed by atoms with van der Waals surface area (Å²) in [5.41, 5.74) is 2.08. The van der Waals surface area contributed by atoms with Gasteiger partial charge in [-0.3, -0.25) is 14.2 Å². The number of hydrogen-bond donors (Lipinski definition) is 2. The van der Waals surface area contributed by atoms with Gasteiger partial charge in [0.2, 0.25) is 0 Å². The molecule has 0 aliphatic carbocycles. The van der Waals surface area contributed by atoms with Gasteiger partial charge < -0.3 is 15.0 Å². The summed E-state index contributed by atoms with van der Waals surface area (Å²) in [7, 11) is 0. The fraction of sp³-hybridized carbons (Fsp3) is 0.292. The molecule has 1 aromatic heterocycles. The molecular weight excluding hydrogens is 410 g/mol. The normalized spacial score (nSPS) is 11.3. The summed E-state index contributed by atoms with van der Waals surface area (Å²) in [6.07, 6.45) is 1.61. The monoisotopic (exact) mass is 437 g/mol. The van der Waals surface area contributed by atoms with Gasteiger partial charge in [-0.05, 0) is 53.5 Å². The van der Waals surface area contributed by atoms with Crippen molar-refractivity contribution < 1.29 is 9.53 Å². The van der Waals surface area contributed by atoms with E-state index in [2.05, 4.69) is 49.8 Å². The average molecular weight is 438 g/mol. The van der Waals surface area contributed by atoms with Crippen LogP contribution in [0.1, 0.15) is 36.7 Å². The molecule has 0 atom stereocenters. The van der Waals surface area contributed by atoms with E-state index in [9.17, 15) is 9.59 Å². The number of rotatable bonds is 7. The van der Waals surface area contributed by atoms with Gasteiger partial charge in [-0.1, -0.05) is 39.0 Å².